The molecule has 4 aromatic rings. The van der Waals surface area contributed by atoms with Crippen LogP contribution < -0.4 is 9.62 Å². The molecular weight excluding hydrogens is 618 g/mol. The summed E-state index contributed by atoms with van der Waals surface area (Å²) in [6, 6.07) is 27.6. The van der Waals surface area contributed by atoms with E-state index in [-0.39, 0.29) is 29.8 Å². The van der Waals surface area contributed by atoms with Crippen molar-refractivity contribution in [2.75, 3.05) is 10.8 Å². The Hall–Kier alpha value is -4.14. The SMILES string of the molecule is CC[C@@H](C)NC(=O)[C@@H](Cc1ccccc1)N(Cc1ccc(Cl)cc1)C(=O)CN(c1cc(C)cc(C)c1)S(=O)(=O)c1ccc(C)cc1. The van der Waals surface area contributed by atoms with Crippen LogP contribution in [0.3, 0.4) is 0 Å². The van der Waals surface area contributed by atoms with Crippen LogP contribution in [0.1, 0.15) is 48.1 Å². The minimum absolute atomic E-state index is 0.0738. The van der Waals surface area contributed by atoms with E-state index < -0.39 is 28.5 Å². The number of rotatable bonds is 13. The van der Waals surface area contributed by atoms with Crippen molar-refractivity contribution in [3.8, 4) is 0 Å². The maximum atomic E-state index is 14.6. The van der Waals surface area contributed by atoms with Crippen molar-refractivity contribution >= 4 is 39.1 Å². The molecule has 9 heteroatoms. The van der Waals surface area contributed by atoms with Crippen LogP contribution in [0.5, 0.6) is 0 Å². The highest BCUT2D eigenvalue weighted by Crippen LogP contribution is 2.27. The molecule has 2 amide bonds. The number of anilines is 1. The molecule has 0 saturated carbocycles. The zero-order chi connectivity index (χ0) is 33.4. The first kappa shape index (κ1) is 34.7. The van der Waals surface area contributed by atoms with Gasteiger partial charge in [0, 0.05) is 24.0 Å². The second-order valence-corrected chi connectivity index (χ2v) is 14.1. The maximum Gasteiger partial charge on any atom is 0.264 e. The fraction of sp³-hybridized carbons (Fsp3) is 0.297. The summed E-state index contributed by atoms with van der Waals surface area (Å²) in [6.07, 6.45) is 0.959. The van der Waals surface area contributed by atoms with E-state index in [0.717, 1.165) is 32.1 Å². The van der Waals surface area contributed by atoms with E-state index in [0.29, 0.717) is 17.1 Å². The van der Waals surface area contributed by atoms with E-state index >= 15 is 0 Å². The van der Waals surface area contributed by atoms with Crippen molar-refractivity contribution in [3.05, 3.63) is 130 Å². The van der Waals surface area contributed by atoms with Crippen molar-refractivity contribution in [2.45, 2.75) is 71.0 Å². The summed E-state index contributed by atoms with van der Waals surface area (Å²) in [5.74, 6) is -0.815. The Morgan fingerprint density at radius 2 is 1.41 bits per heavy atom. The minimum atomic E-state index is -4.17. The molecule has 4 aromatic carbocycles. The lowest BCUT2D eigenvalue weighted by atomic mass is 10.0. The number of aryl methyl sites for hydroxylation is 3. The second kappa shape index (κ2) is 15.4. The zero-order valence-corrected chi connectivity index (χ0v) is 28.6. The van der Waals surface area contributed by atoms with E-state index in [1.54, 1.807) is 60.7 Å². The average molecular weight is 660 g/mol. The molecule has 0 aliphatic heterocycles. The summed E-state index contributed by atoms with van der Waals surface area (Å²) < 4.78 is 29.7. The van der Waals surface area contributed by atoms with Crippen molar-refractivity contribution in [1.29, 1.82) is 0 Å². The van der Waals surface area contributed by atoms with Gasteiger partial charge < -0.3 is 10.2 Å². The Balaban J connectivity index is 1.83. The van der Waals surface area contributed by atoms with Gasteiger partial charge in [0.2, 0.25) is 11.8 Å². The number of amides is 2. The number of benzene rings is 4. The lowest BCUT2D eigenvalue weighted by Gasteiger charge is -2.34. The van der Waals surface area contributed by atoms with Crippen LogP contribution in [-0.4, -0.2) is 43.8 Å². The predicted molar refractivity (Wildman–Crippen MR) is 185 cm³/mol. The van der Waals surface area contributed by atoms with Gasteiger partial charge in [-0.15, -0.1) is 0 Å². The van der Waals surface area contributed by atoms with Crippen LogP contribution in [0.25, 0.3) is 0 Å². The van der Waals surface area contributed by atoms with E-state index in [2.05, 4.69) is 5.32 Å². The number of hydrogen-bond acceptors (Lipinski definition) is 4. The molecule has 0 bridgehead atoms. The fourth-order valence-electron chi connectivity index (χ4n) is 5.24. The Labute approximate surface area is 278 Å². The van der Waals surface area contributed by atoms with Gasteiger partial charge in [-0.2, -0.15) is 0 Å². The van der Waals surface area contributed by atoms with E-state index in [9.17, 15) is 18.0 Å². The molecule has 0 saturated heterocycles. The summed E-state index contributed by atoms with van der Waals surface area (Å²) >= 11 is 6.17. The Kier molecular flexibility index (Phi) is 11.7. The summed E-state index contributed by atoms with van der Waals surface area (Å²) in [6.45, 7) is 9.12. The van der Waals surface area contributed by atoms with Crippen LogP contribution >= 0.6 is 11.6 Å². The molecule has 1 N–H and O–H groups in total. The minimum Gasteiger partial charge on any atom is -0.352 e. The van der Waals surface area contributed by atoms with Gasteiger partial charge in [-0.05, 0) is 92.8 Å². The molecular formula is C37H42ClN3O4S. The first-order valence-corrected chi connectivity index (χ1v) is 17.2. The van der Waals surface area contributed by atoms with Crippen LogP contribution in [0.2, 0.25) is 5.02 Å². The Morgan fingerprint density at radius 3 is 2.00 bits per heavy atom. The highest BCUT2D eigenvalue weighted by atomic mass is 35.5. The van der Waals surface area contributed by atoms with Gasteiger partial charge in [0.25, 0.3) is 10.0 Å². The number of nitrogens with one attached hydrogen (secondary N) is 1. The van der Waals surface area contributed by atoms with Gasteiger partial charge in [-0.25, -0.2) is 8.42 Å². The smallest absolute Gasteiger partial charge is 0.264 e. The van der Waals surface area contributed by atoms with Crippen LogP contribution in [0, 0.1) is 20.8 Å². The topological polar surface area (TPSA) is 86.8 Å². The summed E-state index contributed by atoms with van der Waals surface area (Å²) in [4.78, 5) is 30.1. The van der Waals surface area contributed by atoms with Gasteiger partial charge in [0.05, 0.1) is 10.6 Å². The molecule has 0 heterocycles. The third-order valence-electron chi connectivity index (χ3n) is 7.92. The number of carbonyl (C=O) groups excluding carboxylic acids is 2. The molecule has 0 spiro atoms. The van der Waals surface area contributed by atoms with E-state index in [1.165, 1.54) is 4.90 Å². The van der Waals surface area contributed by atoms with E-state index in [1.807, 2.05) is 71.0 Å². The molecule has 0 aliphatic rings. The van der Waals surface area contributed by atoms with Crippen LogP contribution in [-0.2, 0) is 32.6 Å². The van der Waals surface area contributed by atoms with Gasteiger partial charge in [0.1, 0.15) is 12.6 Å². The van der Waals surface area contributed by atoms with Crippen molar-refractivity contribution < 1.29 is 18.0 Å². The van der Waals surface area contributed by atoms with Crippen LogP contribution in [0.4, 0.5) is 5.69 Å². The molecule has 242 valence electrons. The van der Waals surface area contributed by atoms with Crippen molar-refractivity contribution in [1.82, 2.24) is 10.2 Å². The Bertz CT molecular complexity index is 1720. The average Bonchev–Trinajstić information content (AvgIpc) is 3.02. The predicted octanol–water partition coefficient (Wildman–Crippen LogP) is 7.02. The third-order valence-corrected chi connectivity index (χ3v) is 9.96. The fourth-order valence-corrected chi connectivity index (χ4v) is 6.77. The monoisotopic (exact) mass is 659 g/mol. The normalized spacial score (nSPS) is 12.7. The molecule has 4 rings (SSSR count). The first-order chi connectivity index (χ1) is 21.9. The summed E-state index contributed by atoms with van der Waals surface area (Å²) in [5.41, 5.74) is 4.64. The second-order valence-electron chi connectivity index (χ2n) is 11.8. The van der Waals surface area contributed by atoms with Gasteiger partial charge in [-0.3, -0.25) is 13.9 Å². The third kappa shape index (κ3) is 8.98. The molecule has 0 unspecified atom stereocenters. The molecule has 46 heavy (non-hydrogen) atoms. The zero-order valence-electron chi connectivity index (χ0n) is 27.0. The van der Waals surface area contributed by atoms with Gasteiger partial charge in [-0.1, -0.05) is 84.8 Å². The lowest BCUT2D eigenvalue weighted by molar-refractivity contribution is -0.140. The standard InChI is InChI=1S/C37H42ClN3O4S/c1-6-29(5)39-37(43)35(23-30-10-8-7-9-11-30)40(24-31-14-16-32(38)17-15-31)36(42)25-41(33-21-27(3)20-28(4)22-33)46(44,45)34-18-12-26(2)13-19-34/h7-22,29,35H,6,23-25H2,1-5H3,(H,39,43)/t29-,35-/m1/s1. The molecule has 0 fully saturated rings. The number of carbonyl (C=O) groups is 2. The highest BCUT2D eigenvalue weighted by Gasteiger charge is 2.35. The van der Waals surface area contributed by atoms with Crippen molar-refractivity contribution in [2.24, 2.45) is 0 Å². The number of hydrogen-bond donors (Lipinski definition) is 1. The van der Waals surface area contributed by atoms with E-state index in [4.69, 9.17) is 11.6 Å². The van der Waals surface area contributed by atoms with Gasteiger partial charge >= 0.3 is 0 Å². The van der Waals surface area contributed by atoms with Crippen LogP contribution in [0.15, 0.2) is 102 Å². The lowest BCUT2D eigenvalue weighted by Crippen LogP contribution is -2.54. The molecule has 2 atom stereocenters. The van der Waals surface area contributed by atoms with Gasteiger partial charge in [0.15, 0.2) is 0 Å². The first-order valence-electron chi connectivity index (χ1n) is 15.4. The molecule has 7 nitrogen and oxygen atoms in total. The number of halogens is 1. The highest BCUT2D eigenvalue weighted by molar-refractivity contribution is 7.92. The molecule has 0 radical (unpaired) electrons. The Morgan fingerprint density at radius 1 is 0.804 bits per heavy atom. The quantitative estimate of drug-likeness (QED) is 0.167. The molecule has 0 aromatic heterocycles. The van der Waals surface area contributed by atoms with Crippen molar-refractivity contribution in [3.63, 3.8) is 0 Å². The largest absolute Gasteiger partial charge is 0.352 e. The maximum absolute atomic E-state index is 14.6. The molecule has 0 aliphatic carbocycles. The summed E-state index contributed by atoms with van der Waals surface area (Å²) in [5, 5.41) is 3.60. The number of nitrogens with zero attached hydrogens (tertiary/aromatic N) is 2. The number of sulfonamides is 1. The summed E-state index contributed by atoms with van der Waals surface area (Å²) in [7, 11) is -4.17.